The molecule has 1 aliphatic heterocycles. The van der Waals surface area contributed by atoms with Crippen LogP contribution in [0.5, 0.6) is 5.88 Å². The number of likely N-dealkylation sites (tertiary alicyclic amines) is 1. The Morgan fingerprint density at radius 1 is 1.55 bits per heavy atom. The van der Waals surface area contributed by atoms with Gasteiger partial charge < -0.3 is 20.1 Å². The highest BCUT2D eigenvalue weighted by Gasteiger charge is 2.35. The zero-order valence-electron chi connectivity index (χ0n) is 13.0. The van der Waals surface area contributed by atoms with Crippen LogP contribution in [-0.4, -0.2) is 59.3 Å². The van der Waals surface area contributed by atoms with Gasteiger partial charge in [0.2, 0.25) is 5.88 Å². The Labute approximate surface area is 131 Å². The molecule has 2 aliphatic rings. The molecule has 1 saturated heterocycles. The molecule has 1 saturated carbocycles. The number of hydrogen-bond donors (Lipinski definition) is 2. The normalized spacial score (nSPS) is 24.0. The highest BCUT2D eigenvalue weighted by molar-refractivity contribution is 5.80. The standard InChI is InChI=1S/C16H24N4O2/c1-17-15(19-12-16(21)7-4-8-16)20-10-6-13(11-20)22-14-5-2-3-9-18-14/h2-3,5,9,13,21H,4,6-8,10-12H2,1H3,(H,17,19). The lowest BCUT2D eigenvalue weighted by molar-refractivity contribution is -0.0282. The predicted octanol–water partition coefficient (Wildman–Crippen LogP) is 1.03. The molecule has 2 N–H and O–H groups in total. The van der Waals surface area contributed by atoms with E-state index < -0.39 is 5.60 Å². The number of aromatic nitrogens is 1. The lowest BCUT2D eigenvalue weighted by atomic mass is 9.80. The van der Waals surface area contributed by atoms with Gasteiger partial charge in [-0.15, -0.1) is 0 Å². The van der Waals surface area contributed by atoms with Crippen molar-refractivity contribution in [3.63, 3.8) is 0 Å². The van der Waals surface area contributed by atoms with Crippen LogP contribution in [0.3, 0.4) is 0 Å². The van der Waals surface area contributed by atoms with Crippen molar-refractivity contribution >= 4 is 5.96 Å². The van der Waals surface area contributed by atoms with Crippen molar-refractivity contribution < 1.29 is 9.84 Å². The van der Waals surface area contributed by atoms with Crippen LogP contribution in [0.4, 0.5) is 0 Å². The van der Waals surface area contributed by atoms with Gasteiger partial charge in [-0.05, 0) is 25.3 Å². The van der Waals surface area contributed by atoms with Gasteiger partial charge in [0.05, 0.1) is 12.1 Å². The number of ether oxygens (including phenoxy) is 1. The quantitative estimate of drug-likeness (QED) is 0.642. The average Bonchev–Trinajstić information content (AvgIpc) is 2.95. The minimum atomic E-state index is -0.542. The van der Waals surface area contributed by atoms with E-state index >= 15 is 0 Å². The lowest BCUT2D eigenvalue weighted by Gasteiger charge is -2.37. The third-order valence-electron chi connectivity index (χ3n) is 4.44. The summed E-state index contributed by atoms with van der Waals surface area (Å²) in [6, 6.07) is 5.68. The summed E-state index contributed by atoms with van der Waals surface area (Å²) in [7, 11) is 1.78. The Kier molecular flexibility index (Phi) is 4.47. The van der Waals surface area contributed by atoms with E-state index in [-0.39, 0.29) is 6.10 Å². The molecule has 3 rings (SSSR count). The van der Waals surface area contributed by atoms with E-state index in [2.05, 4.69) is 20.2 Å². The fourth-order valence-electron chi connectivity index (χ4n) is 2.94. The van der Waals surface area contributed by atoms with Crippen LogP contribution in [-0.2, 0) is 0 Å². The monoisotopic (exact) mass is 304 g/mol. The zero-order valence-corrected chi connectivity index (χ0v) is 13.0. The number of guanidine groups is 1. The predicted molar refractivity (Wildman–Crippen MR) is 85.0 cm³/mol. The average molecular weight is 304 g/mol. The number of nitrogens with one attached hydrogen (secondary N) is 1. The molecule has 0 spiro atoms. The third kappa shape index (κ3) is 3.50. The summed E-state index contributed by atoms with van der Waals surface area (Å²) in [4.78, 5) is 10.7. The Morgan fingerprint density at radius 3 is 3.05 bits per heavy atom. The molecule has 0 bridgehead atoms. The second-order valence-electron chi connectivity index (χ2n) is 6.12. The molecular formula is C16H24N4O2. The maximum absolute atomic E-state index is 10.2. The molecule has 1 aliphatic carbocycles. The van der Waals surface area contributed by atoms with Crippen molar-refractivity contribution in [1.82, 2.24) is 15.2 Å². The van der Waals surface area contributed by atoms with Crippen LogP contribution in [0.2, 0.25) is 0 Å². The molecule has 2 fully saturated rings. The first kappa shape index (κ1) is 15.1. The van der Waals surface area contributed by atoms with Gasteiger partial charge in [0.1, 0.15) is 6.10 Å². The molecule has 6 heteroatoms. The van der Waals surface area contributed by atoms with Gasteiger partial charge in [-0.25, -0.2) is 4.98 Å². The number of aliphatic imine (C=N–C) groups is 1. The minimum absolute atomic E-state index is 0.125. The number of hydrogen-bond acceptors (Lipinski definition) is 4. The molecule has 0 aromatic carbocycles. The number of aliphatic hydroxyl groups is 1. The van der Waals surface area contributed by atoms with Gasteiger partial charge in [-0.3, -0.25) is 4.99 Å². The Balaban J connectivity index is 1.50. The molecular weight excluding hydrogens is 280 g/mol. The summed E-state index contributed by atoms with van der Waals surface area (Å²) >= 11 is 0. The first-order valence-electron chi connectivity index (χ1n) is 7.94. The van der Waals surface area contributed by atoms with Crippen molar-refractivity contribution in [1.29, 1.82) is 0 Å². The molecule has 6 nitrogen and oxygen atoms in total. The lowest BCUT2D eigenvalue weighted by Crippen LogP contribution is -2.51. The van der Waals surface area contributed by atoms with E-state index in [1.807, 2.05) is 18.2 Å². The maximum Gasteiger partial charge on any atom is 0.213 e. The van der Waals surface area contributed by atoms with Gasteiger partial charge in [0.15, 0.2) is 5.96 Å². The number of pyridine rings is 1. The summed E-state index contributed by atoms with van der Waals surface area (Å²) in [5.74, 6) is 1.51. The molecule has 0 amide bonds. The second kappa shape index (κ2) is 6.52. The van der Waals surface area contributed by atoms with Crippen LogP contribution in [0, 0.1) is 0 Å². The van der Waals surface area contributed by atoms with Gasteiger partial charge in [0.25, 0.3) is 0 Å². The van der Waals surface area contributed by atoms with Crippen LogP contribution < -0.4 is 10.1 Å². The van der Waals surface area contributed by atoms with Crippen LogP contribution in [0.25, 0.3) is 0 Å². The molecule has 1 atom stereocenters. The molecule has 22 heavy (non-hydrogen) atoms. The second-order valence-corrected chi connectivity index (χ2v) is 6.12. The van der Waals surface area contributed by atoms with Gasteiger partial charge in [0, 0.05) is 38.8 Å². The summed E-state index contributed by atoms with van der Waals surface area (Å²) in [5.41, 5.74) is -0.542. The van der Waals surface area contributed by atoms with Crippen LogP contribution in [0.15, 0.2) is 29.4 Å². The smallest absolute Gasteiger partial charge is 0.213 e. The molecule has 1 aromatic rings. The fraction of sp³-hybridized carbons (Fsp3) is 0.625. The Bertz CT molecular complexity index is 516. The molecule has 0 radical (unpaired) electrons. The summed E-state index contributed by atoms with van der Waals surface area (Å²) in [5, 5.41) is 13.5. The van der Waals surface area contributed by atoms with Crippen molar-refractivity contribution in [3.8, 4) is 5.88 Å². The van der Waals surface area contributed by atoms with E-state index in [1.165, 1.54) is 0 Å². The molecule has 2 heterocycles. The Hall–Kier alpha value is -1.82. The van der Waals surface area contributed by atoms with Crippen LogP contribution in [0.1, 0.15) is 25.7 Å². The highest BCUT2D eigenvalue weighted by Crippen LogP contribution is 2.30. The zero-order chi connectivity index (χ0) is 15.4. The third-order valence-corrected chi connectivity index (χ3v) is 4.44. The van der Waals surface area contributed by atoms with Crippen molar-refractivity contribution in [3.05, 3.63) is 24.4 Å². The molecule has 1 unspecified atom stereocenters. The van der Waals surface area contributed by atoms with E-state index in [0.717, 1.165) is 44.7 Å². The van der Waals surface area contributed by atoms with E-state index in [9.17, 15) is 5.11 Å². The van der Waals surface area contributed by atoms with Crippen LogP contribution >= 0.6 is 0 Å². The summed E-state index contributed by atoms with van der Waals surface area (Å²) in [6.45, 7) is 2.26. The summed E-state index contributed by atoms with van der Waals surface area (Å²) < 4.78 is 5.89. The fourth-order valence-corrected chi connectivity index (χ4v) is 2.94. The molecule has 1 aromatic heterocycles. The first-order valence-corrected chi connectivity index (χ1v) is 7.94. The SMILES string of the molecule is CN=C(NCC1(O)CCC1)N1CCC(Oc2ccccn2)C1. The van der Waals surface area contributed by atoms with Crippen molar-refractivity contribution in [2.45, 2.75) is 37.4 Å². The number of nitrogens with zero attached hydrogens (tertiary/aromatic N) is 3. The van der Waals surface area contributed by atoms with E-state index in [1.54, 1.807) is 13.2 Å². The van der Waals surface area contributed by atoms with E-state index in [4.69, 9.17) is 4.74 Å². The van der Waals surface area contributed by atoms with Gasteiger partial charge >= 0.3 is 0 Å². The van der Waals surface area contributed by atoms with E-state index in [0.29, 0.717) is 12.4 Å². The topological polar surface area (TPSA) is 70.0 Å². The molecule has 120 valence electrons. The van der Waals surface area contributed by atoms with Crippen molar-refractivity contribution in [2.24, 2.45) is 4.99 Å². The van der Waals surface area contributed by atoms with Gasteiger partial charge in [-0.1, -0.05) is 6.07 Å². The highest BCUT2D eigenvalue weighted by atomic mass is 16.5. The number of rotatable bonds is 4. The van der Waals surface area contributed by atoms with Crippen molar-refractivity contribution in [2.75, 3.05) is 26.7 Å². The largest absolute Gasteiger partial charge is 0.472 e. The Morgan fingerprint density at radius 2 is 2.41 bits per heavy atom. The first-order chi connectivity index (χ1) is 10.7. The van der Waals surface area contributed by atoms with Gasteiger partial charge in [-0.2, -0.15) is 0 Å². The summed E-state index contributed by atoms with van der Waals surface area (Å²) in [6.07, 6.45) is 5.68. The maximum atomic E-state index is 10.2. The minimum Gasteiger partial charge on any atom is -0.472 e.